The standard InChI is InChI=1S/C22H25NO3S/c1-16(21(25)26)27-19-12-6-5-11-18(19)20(24)23-15-22(13-7-8-14-22)17-9-3-2-4-10-17/h2-6,9-12,16H,7-8,13-15H2,1H3,(H,23,24)(H,25,26). The molecule has 1 aliphatic carbocycles. The van der Waals surface area contributed by atoms with E-state index in [1.54, 1.807) is 13.0 Å². The van der Waals surface area contributed by atoms with Crippen molar-refractivity contribution in [1.29, 1.82) is 0 Å². The Morgan fingerprint density at radius 1 is 1.07 bits per heavy atom. The van der Waals surface area contributed by atoms with Crippen LogP contribution in [0.3, 0.4) is 0 Å². The Hall–Kier alpha value is -2.27. The lowest BCUT2D eigenvalue weighted by atomic mass is 9.79. The number of hydrogen-bond acceptors (Lipinski definition) is 3. The van der Waals surface area contributed by atoms with Gasteiger partial charge in [-0.15, -0.1) is 11.8 Å². The minimum Gasteiger partial charge on any atom is -0.480 e. The summed E-state index contributed by atoms with van der Waals surface area (Å²) in [5.74, 6) is -1.03. The number of thioether (sulfide) groups is 1. The molecule has 27 heavy (non-hydrogen) atoms. The van der Waals surface area contributed by atoms with Crippen LogP contribution in [0.5, 0.6) is 0 Å². The van der Waals surface area contributed by atoms with Gasteiger partial charge in [-0.25, -0.2) is 0 Å². The Morgan fingerprint density at radius 2 is 1.70 bits per heavy atom. The van der Waals surface area contributed by atoms with Crippen molar-refractivity contribution in [1.82, 2.24) is 5.32 Å². The highest BCUT2D eigenvalue weighted by atomic mass is 32.2. The largest absolute Gasteiger partial charge is 0.480 e. The van der Waals surface area contributed by atoms with Crippen LogP contribution in [-0.4, -0.2) is 28.8 Å². The van der Waals surface area contributed by atoms with Gasteiger partial charge in [-0.05, 0) is 37.5 Å². The Kier molecular flexibility index (Phi) is 6.22. The summed E-state index contributed by atoms with van der Waals surface area (Å²) in [6, 6.07) is 17.6. The molecule has 1 atom stereocenters. The highest BCUT2D eigenvalue weighted by molar-refractivity contribution is 8.00. The van der Waals surface area contributed by atoms with Gasteiger partial charge in [0.15, 0.2) is 0 Å². The van der Waals surface area contributed by atoms with E-state index in [0.717, 1.165) is 12.8 Å². The van der Waals surface area contributed by atoms with Crippen LogP contribution in [-0.2, 0) is 10.2 Å². The molecular weight excluding hydrogens is 358 g/mol. The van der Waals surface area contributed by atoms with Gasteiger partial charge in [-0.2, -0.15) is 0 Å². The molecule has 1 saturated carbocycles. The average molecular weight is 384 g/mol. The lowest BCUT2D eigenvalue weighted by Crippen LogP contribution is -2.39. The average Bonchev–Trinajstić information content (AvgIpc) is 3.17. The first-order valence-electron chi connectivity index (χ1n) is 9.34. The first-order chi connectivity index (χ1) is 13.0. The number of carboxylic acid groups (broad SMARTS) is 1. The van der Waals surface area contributed by atoms with Crippen LogP contribution in [0.25, 0.3) is 0 Å². The van der Waals surface area contributed by atoms with Crippen molar-refractivity contribution in [2.45, 2.75) is 48.2 Å². The number of carbonyl (C=O) groups excluding carboxylic acids is 1. The maximum Gasteiger partial charge on any atom is 0.316 e. The minimum absolute atomic E-state index is 0.00658. The minimum atomic E-state index is -0.885. The molecule has 5 heteroatoms. The number of rotatable bonds is 7. The van der Waals surface area contributed by atoms with Crippen LogP contribution >= 0.6 is 11.8 Å². The maximum absolute atomic E-state index is 12.9. The van der Waals surface area contributed by atoms with Crippen LogP contribution in [0, 0.1) is 0 Å². The van der Waals surface area contributed by atoms with Crippen LogP contribution < -0.4 is 5.32 Å². The molecule has 1 amide bonds. The summed E-state index contributed by atoms with van der Waals surface area (Å²) in [5.41, 5.74) is 1.81. The highest BCUT2D eigenvalue weighted by Gasteiger charge is 2.36. The second kappa shape index (κ2) is 8.61. The number of carboxylic acids is 1. The maximum atomic E-state index is 12.9. The Labute approximate surface area is 164 Å². The van der Waals surface area contributed by atoms with E-state index in [0.29, 0.717) is 17.0 Å². The predicted molar refractivity (Wildman–Crippen MR) is 108 cm³/mol. The first-order valence-corrected chi connectivity index (χ1v) is 10.2. The van der Waals surface area contributed by atoms with Crippen molar-refractivity contribution in [3.63, 3.8) is 0 Å². The van der Waals surface area contributed by atoms with Gasteiger partial charge < -0.3 is 10.4 Å². The first kappa shape index (κ1) is 19.5. The predicted octanol–water partition coefficient (Wildman–Crippen LogP) is 4.49. The fourth-order valence-electron chi connectivity index (χ4n) is 3.75. The van der Waals surface area contributed by atoms with Crippen molar-refractivity contribution in [3.8, 4) is 0 Å². The number of benzene rings is 2. The van der Waals surface area contributed by atoms with Gasteiger partial charge in [0, 0.05) is 16.9 Å². The van der Waals surface area contributed by atoms with Crippen LogP contribution in [0.4, 0.5) is 0 Å². The zero-order valence-electron chi connectivity index (χ0n) is 15.5. The zero-order valence-corrected chi connectivity index (χ0v) is 16.3. The Morgan fingerprint density at radius 3 is 2.37 bits per heavy atom. The molecule has 0 bridgehead atoms. The van der Waals surface area contributed by atoms with E-state index in [1.807, 2.05) is 24.3 Å². The molecule has 0 aromatic heterocycles. The summed E-state index contributed by atoms with van der Waals surface area (Å²) < 4.78 is 0. The van der Waals surface area contributed by atoms with Gasteiger partial charge in [-0.3, -0.25) is 9.59 Å². The number of aliphatic carboxylic acids is 1. The Balaban J connectivity index is 1.75. The van der Waals surface area contributed by atoms with Crippen LogP contribution in [0.1, 0.15) is 48.5 Å². The SMILES string of the molecule is CC(Sc1ccccc1C(=O)NCC1(c2ccccc2)CCCC1)C(=O)O. The molecule has 0 aliphatic heterocycles. The zero-order chi connectivity index (χ0) is 19.3. The third-order valence-electron chi connectivity index (χ3n) is 5.32. The lowest BCUT2D eigenvalue weighted by molar-refractivity contribution is -0.136. The topological polar surface area (TPSA) is 66.4 Å². The molecule has 4 nitrogen and oxygen atoms in total. The third kappa shape index (κ3) is 4.53. The second-order valence-electron chi connectivity index (χ2n) is 7.13. The molecule has 2 aromatic carbocycles. The van der Waals surface area contributed by atoms with E-state index in [4.69, 9.17) is 5.11 Å². The molecule has 1 aliphatic rings. The van der Waals surface area contributed by atoms with Crippen molar-refractivity contribution in [2.75, 3.05) is 6.54 Å². The molecule has 0 saturated heterocycles. The molecule has 1 fully saturated rings. The fraction of sp³-hybridized carbons (Fsp3) is 0.364. The number of amides is 1. The number of nitrogens with one attached hydrogen (secondary N) is 1. The molecule has 0 spiro atoms. The molecule has 3 rings (SSSR count). The van der Waals surface area contributed by atoms with Gasteiger partial charge in [0.1, 0.15) is 5.25 Å². The van der Waals surface area contributed by atoms with Gasteiger partial charge in [0.2, 0.25) is 0 Å². The van der Waals surface area contributed by atoms with Crippen molar-refractivity contribution in [3.05, 3.63) is 65.7 Å². The molecule has 0 radical (unpaired) electrons. The van der Waals surface area contributed by atoms with Crippen LogP contribution in [0.15, 0.2) is 59.5 Å². The lowest BCUT2D eigenvalue weighted by Gasteiger charge is -2.30. The number of carbonyl (C=O) groups is 2. The third-order valence-corrected chi connectivity index (χ3v) is 6.48. The van der Waals surface area contributed by atoms with Crippen molar-refractivity contribution in [2.24, 2.45) is 0 Å². The van der Waals surface area contributed by atoms with Gasteiger partial charge in [0.25, 0.3) is 5.91 Å². The fourth-order valence-corrected chi connectivity index (χ4v) is 4.68. The Bertz CT molecular complexity index is 800. The quantitative estimate of drug-likeness (QED) is 0.691. The van der Waals surface area contributed by atoms with Crippen LogP contribution in [0.2, 0.25) is 0 Å². The summed E-state index contributed by atoms with van der Waals surface area (Å²) >= 11 is 1.20. The molecule has 0 heterocycles. The van der Waals surface area contributed by atoms with E-state index in [1.165, 1.54) is 30.2 Å². The molecule has 142 valence electrons. The molecular formula is C22H25NO3S. The summed E-state index contributed by atoms with van der Waals surface area (Å²) in [4.78, 5) is 24.7. The summed E-state index contributed by atoms with van der Waals surface area (Å²) in [6.07, 6.45) is 4.49. The smallest absolute Gasteiger partial charge is 0.316 e. The summed E-state index contributed by atoms with van der Waals surface area (Å²) in [5, 5.41) is 11.7. The van der Waals surface area contributed by atoms with E-state index in [9.17, 15) is 9.59 Å². The highest BCUT2D eigenvalue weighted by Crippen LogP contribution is 2.40. The van der Waals surface area contributed by atoms with E-state index < -0.39 is 11.2 Å². The van der Waals surface area contributed by atoms with Gasteiger partial charge in [-0.1, -0.05) is 55.3 Å². The number of hydrogen-bond donors (Lipinski definition) is 2. The van der Waals surface area contributed by atoms with E-state index in [-0.39, 0.29) is 11.3 Å². The molecule has 1 unspecified atom stereocenters. The summed E-state index contributed by atoms with van der Waals surface area (Å²) in [6.45, 7) is 2.23. The van der Waals surface area contributed by atoms with Crippen molar-refractivity contribution >= 4 is 23.6 Å². The molecule has 2 aromatic rings. The van der Waals surface area contributed by atoms with Gasteiger partial charge in [0.05, 0.1) is 5.56 Å². The van der Waals surface area contributed by atoms with E-state index >= 15 is 0 Å². The van der Waals surface area contributed by atoms with Gasteiger partial charge >= 0.3 is 5.97 Å². The molecule has 2 N–H and O–H groups in total. The van der Waals surface area contributed by atoms with Crippen molar-refractivity contribution < 1.29 is 14.7 Å². The second-order valence-corrected chi connectivity index (χ2v) is 8.51. The summed E-state index contributed by atoms with van der Waals surface area (Å²) in [7, 11) is 0. The normalized spacial score (nSPS) is 16.6. The van der Waals surface area contributed by atoms with E-state index in [2.05, 4.69) is 29.6 Å². The monoisotopic (exact) mass is 383 g/mol.